The fraction of sp³-hybridized carbons (Fsp3) is 0.632. The molecule has 0 N–H and O–H groups in total. The predicted octanol–water partition coefficient (Wildman–Crippen LogP) is 7.71. The normalized spacial score (nSPS) is 10.1. The van der Waals surface area contributed by atoms with Gasteiger partial charge < -0.3 is 0 Å². The molecule has 0 atom stereocenters. The first-order chi connectivity index (χ1) is 10.1. The van der Waals surface area contributed by atoms with E-state index < -0.39 is 0 Å². The highest BCUT2D eigenvalue weighted by Gasteiger charge is 2.05. The van der Waals surface area contributed by atoms with Crippen molar-refractivity contribution in [3.8, 4) is 0 Å². The lowest BCUT2D eigenvalue weighted by Crippen LogP contribution is -1.86. The van der Waals surface area contributed by atoms with Crippen LogP contribution in [0.25, 0.3) is 5.57 Å². The summed E-state index contributed by atoms with van der Waals surface area (Å²) < 4.78 is 0. The van der Waals surface area contributed by atoms with Crippen LogP contribution in [0.5, 0.6) is 0 Å². The van der Waals surface area contributed by atoms with Gasteiger partial charge in [-0.3, -0.25) is 0 Å². The monoisotopic (exact) mass is 311 g/mol. The third-order valence-electron chi connectivity index (χ3n) is 1.96. The number of hydrogen-bond donors (Lipinski definition) is 0. The van der Waals surface area contributed by atoms with Crippen molar-refractivity contribution in [1.82, 2.24) is 4.98 Å². The molecule has 0 spiro atoms. The summed E-state index contributed by atoms with van der Waals surface area (Å²) in [6.07, 6.45) is 7.42. The SMILES string of the molecule is C/C=C\C=C(/C)c1csc(C(C)C)n1.CC.CC.CCC. The Morgan fingerprint density at radius 1 is 1.19 bits per heavy atom. The molecule has 1 heterocycles. The van der Waals surface area contributed by atoms with Gasteiger partial charge >= 0.3 is 0 Å². The second-order valence-corrected chi connectivity index (χ2v) is 5.20. The molecule has 0 unspecified atom stereocenters. The van der Waals surface area contributed by atoms with Crippen molar-refractivity contribution in [2.45, 2.75) is 81.6 Å². The minimum atomic E-state index is 0.531. The van der Waals surface area contributed by atoms with Crippen molar-refractivity contribution in [2.24, 2.45) is 0 Å². The molecule has 1 rings (SSSR count). The molecule has 0 radical (unpaired) electrons. The summed E-state index contributed by atoms with van der Waals surface area (Å²) in [6.45, 7) is 20.7. The predicted molar refractivity (Wildman–Crippen MR) is 103 cm³/mol. The van der Waals surface area contributed by atoms with Crippen LogP contribution in [0.3, 0.4) is 0 Å². The first kappa shape index (κ1) is 25.1. The summed E-state index contributed by atoms with van der Waals surface area (Å²) in [5, 5.41) is 3.35. The van der Waals surface area contributed by atoms with E-state index in [2.05, 4.69) is 51.1 Å². The van der Waals surface area contributed by atoms with Gasteiger partial charge in [-0.05, 0) is 19.4 Å². The summed E-state index contributed by atoms with van der Waals surface area (Å²) >= 11 is 1.74. The van der Waals surface area contributed by atoms with E-state index >= 15 is 0 Å². The van der Waals surface area contributed by atoms with Crippen LogP contribution >= 0.6 is 11.3 Å². The van der Waals surface area contributed by atoms with Gasteiger partial charge in [0.15, 0.2) is 0 Å². The average molecular weight is 312 g/mol. The zero-order chi connectivity index (χ0) is 17.3. The van der Waals surface area contributed by atoms with Gasteiger partial charge in [0.1, 0.15) is 0 Å². The fourth-order valence-corrected chi connectivity index (χ4v) is 1.95. The van der Waals surface area contributed by atoms with Crippen LogP contribution < -0.4 is 0 Å². The molecule has 0 fully saturated rings. The number of rotatable bonds is 3. The summed E-state index contributed by atoms with van der Waals surface area (Å²) in [5.74, 6) is 0.531. The Morgan fingerprint density at radius 2 is 1.67 bits per heavy atom. The molecule has 0 saturated heterocycles. The van der Waals surface area contributed by atoms with Gasteiger partial charge in [-0.25, -0.2) is 4.98 Å². The van der Waals surface area contributed by atoms with Crippen molar-refractivity contribution in [3.63, 3.8) is 0 Å². The van der Waals surface area contributed by atoms with Gasteiger partial charge in [0.25, 0.3) is 0 Å². The number of thiazole rings is 1. The summed E-state index contributed by atoms with van der Waals surface area (Å²) in [6, 6.07) is 0. The molecule has 0 saturated carbocycles. The molecule has 21 heavy (non-hydrogen) atoms. The van der Waals surface area contributed by atoms with Crippen LogP contribution in [0.1, 0.15) is 92.3 Å². The van der Waals surface area contributed by atoms with E-state index in [9.17, 15) is 0 Å². The Morgan fingerprint density at radius 3 is 2.00 bits per heavy atom. The quantitative estimate of drug-likeness (QED) is 0.521. The molecule has 0 aliphatic rings. The molecule has 1 aromatic heterocycles. The molecular formula is C19H37NS. The second kappa shape index (κ2) is 19.1. The van der Waals surface area contributed by atoms with Crippen molar-refractivity contribution in [1.29, 1.82) is 0 Å². The highest BCUT2D eigenvalue weighted by Crippen LogP contribution is 2.23. The van der Waals surface area contributed by atoms with E-state index in [0.29, 0.717) is 5.92 Å². The van der Waals surface area contributed by atoms with E-state index in [0.717, 1.165) is 5.69 Å². The summed E-state index contributed by atoms with van der Waals surface area (Å²) in [5.41, 5.74) is 2.34. The Bertz CT molecular complexity index is 359. The second-order valence-electron chi connectivity index (χ2n) is 4.31. The van der Waals surface area contributed by atoms with Crippen LogP contribution in [0.4, 0.5) is 0 Å². The zero-order valence-corrected chi connectivity index (χ0v) is 16.8. The van der Waals surface area contributed by atoms with Crippen LogP contribution in [0.15, 0.2) is 23.6 Å². The maximum absolute atomic E-state index is 4.58. The lowest BCUT2D eigenvalue weighted by Gasteiger charge is -1.97. The lowest BCUT2D eigenvalue weighted by molar-refractivity contribution is 0.850. The first-order valence-electron chi connectivity index (χ1n) is 8.32. The van der Waals surface area contributed by atoms with Crippen LogP contribution in [0.2, 0.25) is 0 Å². The maximum atomic E-state index is 4.58. The van der Waals surface area contributed by atoms with E-state index in [1.54, 1.807) is 11.3 Å². The minimum absolute atomic E-state index is 0.531. The highest BCUT2D eigenvalue weighted by atomic mass is 32.1. The smallest absolute Gasteiger partial charge is 0.0957 e. The Balaban J connectivity index is -0.000000399. The standard InChI is InChI=1S/C12H17NS.C3H8.2C2H6/c1-5-6-7-10(4)11-8-14-12(13-11)9(2)3;1-3-2;2*1-2/h5-9H,1-4H3;3H2,1-2H3;2*1-2H3/b6-5-,10-7+;;;. The van der Waals surface area contributed by atoms with Gasteiger partial charge in [-0.2, -0.15) is 0 Å². The third-order valence-corrected chi connectivity index (χ3v) is 3.10. The minimum Gasteiger partial charge on any atom is -0.241 e. The lowest BCUT2D eigenvalue weighted by atomic mass is 10.2. The molecule has 1 aromatic rings. The number of allylic oxidation sites excluding steroid dienone is 4. The van der Waals surface area contributed by atoms with E-state index in [1.807, 2.05) is 46.8 Å². The Hall–Kier alpha value is -0.890. The Labute approximate surface area is 138 Å². The summed E-state index contributed by atoms with van der Waals surface area (Å²) in [4.78, 5) is 4.58. The number of nitrogens with zero attached hydrogens (tertiary/aromatic N) is 1. The third kappa shape index (κ3) is 13.8. The molecule has 124 valence electrons. The van der Waals surface area contributed by atoms with Gasteiger partial charge in [0, 0.05) is 11.3 Å². The first-order valence-corrected chi connectivity index (χ1v) is 9.20. The van der Waals surface area contributed by atoms with E-state index in [-0.39, 0.29) is 0 Å². The average Bonchev–Trinajstić information content (AvgIpc) is 3.00. The molecular weight excluding hydrogens is 274 g/mol. The van der Waals surface area contributed by atoms with Crippen molar-refractivity contribution < 1.29 is 0 Å². The molecule has 0 bridgehead atoms. The van der Waals surface area contributed by atoms with Gasteiger partial charge in [-0.15, -0.1) is 11.3 Å². The van der Waals surface area contributed by atoms with Crippen molar-refractivity contribution in [2.75, 3.05) is 0 Å². The largest absolute Gasteiger partial charge is 0.241 e. The van der Waals surface area contributed by atoms with Crippen molar-refractivity contribution in [3.05, 3.63) is 34.3 Å². The van der Waals surface area contributed by atoms with Crippen LogP contribution in [0, 0.1) is 0 Å². The van der Waals surface area contributed by atoms with Gasteiger partial charge in [0.05, 0.1) is 10.7 Å². The number of aromatic nitrogens is 1. The van der Waals surface area contributed by atoms with Crippen LogP contribution in [-0.2, 0) is 0 Å². The number of hydrogen-bond acceptors (Lipinski definition) is 2. The molecule has 0 amide bonds. The molecule has 2 heteroatoms. The molecule has 0 aliphatic heterocycles. The maximum Gasteiger partial charge on any atom is 0.0957 e. The van der Waals surface area contributed by atoms with Crippen molar-refractivity contribution >= 4 is 16.9 Å². The van der Waals surface area contributed by atoms with Crippen LogP contribution in [-0.4, -0.2) is 4.98 Å². The van der Waals surface area contributed by atoms with E-state index in [4.69, 9.17) is 0 Å². The Kier molecular flexibility index (Phi) is 22.8. The fourth-order valence-electron chi connectivity index (χ4n) is 1.06. The molecule has 0 aromatic carbocycles. The summed E-state index contributed by atoms with van der Waals surface area (Å²) in [7, 11) is 0. The van der Waals surface area contributed by atoms with Gasteiger partial charge in [0.2, 0.25) is 0 Å². The molecule has 0 aliphatic carbocycles. The molecule has 1 nitrogen and oxygen atoms in total. The zero-order valence-electron chi connectivity index (χ0n) is 15.9. The highest BCUT2D eigenvalue weighted by molar-refractivity contribution is 7.09. The topological polar surface area (TPSA) is 12.9 Å². The van der Waals surface area contributed by atoms with Gasteiger partial charge in [-0.1, -0.05) is 80.0 Å². The van der Waals surface area contributed by atoms with E-state index in [1.165, 1.54) is 17.0 Å².